The number of hydrogen-bond acceptors (Lipinski definition) is 3. The van der Waals surface area contributed by atoms with E-state index in [9.17, 15) is 9.59 Å². The molecular formula is C16H12Cl2N2O2. The number of rotatable bonds is 3. The van der Waals surface area contributed by atoms with Crippen LogP contribution >= 0.6 is 23.2 Å². The van der Waals surface area contributed by atoms with Crippen molar-refractivity contribution < 1.29 is 9.59 Å². The highest BCUT2D eigenvalue weighted by Gasteiger charge is 2.40. The Bertz CT molecular complexity index is 734. The SMILES string of the molecule is O=C1C[C@@H](Nc2ccccc2)C(=O)N1c1cccc(Cl)c1Cl. The van der Waals surface area contributed by atoms with Gasteiger partial charge in [-0.1, -0.05) is 47.5 Å². The fourth-order valence-corrected chi connectivity index (χ4v) is 2.78. The van der Waals surface area contributed by atoms with Gasteiger partial charge in [-0.3, -0.25) is 9.59 Å². The highest BCUT2D eigenvalue weighted by molar-refractivity contribution is 6.45. The maximum atomic E-state index is 12.5. The number of anilines is 2. The zero-order valence-electron chi connectivity index (χ0n) is 11.4. The monoisotopic (exact) mass is 334 g/mol. The number of nitrogens with zero attached hydrogens (tertiary/aromatic N) is 1. The molecule has 22 heavy (non-hydrogen) atoms. The summed E-state index contributed by atoms with van der Waals surface area (Å²) in [6, 6.07) is 13.5. The van der Waals surface area contributed by atoms with Gasteiger partial charge in [0, 0.05) is 5.69 Å². The normalized spacial score (nSPS) is 17.9. The first-order chi connectivity index (χ1) is 10.6. The molecule has 1 heterocycles. The van der Waals surface area contributed by atoms with E-state index in [2.05, 4.69) is 5.32 Å². The van der Waals surface area contributed by atoms with Crippen molar-refractivity contribution in [2.24, 2.45) is 0 Å². The molecule has 1 fully saturated rings. The lowest BCUT2D eigenvalue weighted by molar-refractivity contribution is -0.121. The van der Waals surface area contributed by atoms with Gasteiger partial charge < -0.3 is 5.32 Å². The highest BCUT2D eigenvalue weighted by atomic mass is 35.5. The summed E-state index contributed by atoms with van der Waals surface area (Å²) in [5.74, 6) is -0.638. The third-order valence-corrected chi connectivity index (χ3v) is 4.24. The molecule has 1 aliphatic heterocycles. The molecule has 0 saturated carbocycles. The summed E-state index contributed by atoms with van der Waals surface area (Å²) in [5.41, 5.74) is 1.11. The smallest absolute Gasteiger partial charge is 0.256 e. The molecule has 2 amide bonds. The van der Waals surface area contributed by atoms with Crippen molar-refractivity contribution in [2.75, 3.05) is 10.2 Å². The van der Waals surface area contributed by atoms with Gasteiger partial charge in [0.2, 0.25) is 5.91 Å². The van der Waals surface area contributed by atoms with Crippen LogP contribution in [0, 0.1) is 0 Å². The second-order valence-corrected chi connectivity index (χ2v) is 5.69. The van der Waals surface area contributed by atoms with Crippen LogP contribution in [0.4, 0.5) is 11.4 Å². The Kier molecular flexibility index (Phi) is 4.05. The minimum absolute atomic E-state index is 0.0799. The van der Waals surface area contributed by atoms with Crippen LogP contribution in [-0.4, -0.2) is 17.9 Å². The number of nitrogens with one attached hydrogen (secondary N) is 1. The van der Waals surface area contributed by atoms with Gasteiger partial charge in [0.1, 0.15) is 6.04 Å². The second kappa shape index (κ2) is 5.99. The fourth-order valence-electron chi connectivity index (χ4n) is 2.40. The van der Waals surface area contributed by atoms with Crippen molar-refractivity contribution in [1.29, 1.82) is 0 Å². The van der Waals surface area contributed by atoms with Crippen molar-refractivity contribution in [1.82, 2.24) is 0 Å². The van der Waals surface area contributed by atoms with E-state index < -0.39 is 6.04 Å². The van der Waals surface area contributed by atoms with E-state index in [-0.39, 0.29) is 23.3 Å². The molecule has 4 nitrogen and oxygen atoms in total. The Morgan fingerprint density at radius 1 is 1.00 bits per heavy atom. The lowest BCUT2D eigenvalue weighted by Crippen LogP contribution is -2.35. The maximum Gasteiger partial charge on any atom is 0.256 e. The first kappa shape index (κ1) is 14.9. The van der Waals surface area contributed by atoms with Crippen LogP contribution < -0.4 is 10.2 Å². The van der Waals surface area contributed by atoms with E-state index in [4.69, 9.17) is 23.2 Å². The molecule has 3 rings (SSSR count). The Balaban J connectivity index is 1.87. The van der Waals surface area contributed by atoms with Crippen molar-refractivity contribution in [3.63, 3.8) is 0 Å². The maximum absolute atomic E-state index is 12.5. The molecule has 1 saturated heterocycles. The molecular weight excluding hydrogens is 323 g/mol. The van der Waals surface area contributed by atoms with Crippen molar-refractivity contribution >= 4 is 46.4 Å². The van der Waals surface area contributed by atoms with Gasteiger partial charge in [-0.2, -0.15) is 0 Å². The molecule has 0 spiro atoms. The van der Waals surface area contributed by atoms with Crippen molar-refractivity contribution in [3.8, 4) is 0 Å². The van der Waals surface area contributed by atoms with Crippen molar-refractivity contribution in [2.45, 2.75) is 12.5 Å². The summed E-state index contributed by atoms with van der Waals surface area (Å²) in [4.78, 5) is 25.8. The Labute approximate surface area is 137 Å². The molecule has 1 atom stereocenters. The molecule has 1 N–H and O–H groups in total. The Morgan fingerprint density at radius 2 is 1.73 bits per heavy atom. The van der Waals surface area contributed by atoms with Crippen molar-refractivity contribution in [3.05, 3.63) is 58.6 Å². The molecule has 112 valence electrons. The summed E-state index contributed by atoms with van der Waals surface area (Å²) in [5, 5.41) is 3.57. The molecule has 2 aromatic carbocycles. The summed E-state index contributed by atoms with van der Waals surface area (Å²) >= 11 is 12.1. The molecule has 0 aliphatic carbocycles. The summed E-state index contributed by atoms with van der Waals surface area (Å²) < 4.78 is 0. The number of hydrogen-bond donors (Lipinski definition) is 1. The van der Waals surface area contributed by atoms with Gasteiger partial charge in [0.25, 0.3) is 5.91 Å². The number of carbonyl (C=O) groups excluding carboxylic acids is 2. The summed E-state index contributed by atoms with van der Waals surface area (Å²) in [7, 11) is 0. The quantitative estimate of drug-likeness (QED) is 0.870. The van der Waals surface area contributed by atoms with Crippen LogP contribution in [0.5, 0.6) is 0 Å². The minimum Gasteiger partial charge on any atom is -0.373 e. The topological polar surface area (TPSA) is 49.4 Å². The predicted octanol–water partition coefficient (Wildman–Crippen LogP) is 3.74. The molecule has 2 aromatic rings. The largest absolute Gasteiger partial charge is 0.373 e. The summed E-state index contributed by atoms with van der Waals surface area (Å²) in [6.45, 7) is 0. The Hall–Kier alpha value is -2.04. The van der Waals surface area contributed by atoms with Crippen LogP contribution in [0.25, 0.3) is 0 Å². The molecule has 0 bridgehead atoms. The first-order valence-electron chi connectivity index (χ1n) is 6.70. The lowest BCUT2D eigenvalue weighted by Gasteiger charge is -2.17. The third-order valence-electron chi connectivity index (χ3n) is 3.43. The third kappa shape index (κ3) is 2.67. The van der Waals surface area contributed by atoms with Gasteiger partial charge in [0.15, 0.2) is 0 Å². The fraction of sp³-hybridized carbons (Fsp3) is 0.125. The number of benzene rings is 2. The predicted molar refractivity (Wildman–Crippen MR) is 87.4 cm³/mol. The number of imide groups is 1. The van der Waals surface area contributed by atoms with E-state index in [1.54, 1.807) is 18.2 Å². The van der Waals surface area contributed by atoms with E-state index in [0.717, 1.165) is 10.6 Å². The van der Waals surface area contributed by atoms with Gasteiger partial charge in [0.05, 0.1) is 22.2 Å². The van der Waals surface area contributed by atoms with Crippen LogP contribution in [-0.2, 0) is 9.59 Å². The first-order valence-corrected chi connectivity index (χ1v) is 7.46. The van der Waals surface area contributed by atoms with E-state index in [0.29, 0.717) is 10.7 Å². The number of carbonyl (C=O) groups is 2. The molecule has 6 heteroatoms. The highest BCUT2D eigenvalue weighted by Crippen LogP contribution is 2.35. The van der Waals surface area contributed by atoms with Crippen LogP contribution in [0.15, 0.2) is 48.5 Å². The lowest BCUT2D eigenvalue weighted by atomic mass is 10.2. The zero-order chi connectivity index (χ0) is 15.7. The van der Waals surface area contributed by atoms with Crippen LogP contribution in [0.1, 0.15) is 6.42 Å². The number of halogens is 2. The molecule has 0 radical (unpaired) electrons. The molecule has 0 unspecified atom stereocenters. The van der Waals surface area contributed by atoms with E-state index >= 15 is 0 Å². The van der Waals surface area contributed by atoms with Gasteiger partial charge >= 0.3 is 0 Å². The van der Waals surface area contributed by atoms with Crippen LogP contribution in [0.3, 0.4) is 0 Å². The van der Waals surface area contributed by atoms with Gasteiger partial charge in [-0.05, 0) is 24.3 Å². The van der Waals surface area contributed by atoms with E-state index in [1.807, 2.05) is 30.3 Å². The van der Waals surface area contributed by atoms with Crippen LogP contribution in [0.2, 0.25) is 10.0 Å². The standard InChI is InChI=1S/C16H12Cl2N2O2/c17-11-7-4-8-13(15(11)18)20-14(21)9-12(16(20)22)19-10-5-2-1-3-6-10/h1-8,12,19H,9H2/t12-/m1/s1. The second-order valence-electron chi connectivity index (χ2n) is 4.91. The number of amides is 2. The number of para-hydroxylation sites is 1. The average Bonchev–Trinajstić information content (AvgIpc) is 2.78. The zero-order valence-corrected chi connectivity index (χ0v) is 12.9. The van der Waals surface area contributed by atoms with Gasteiger partial charge in [-0.25, -0.2) is 4.90 Å². The summed E-state index contributed by atoms with van der Waals surface area (Å²) in [6.07, 6.45) is 0.0799. The van der Waals surface area contributed by atoms with Gasteiger partial charge in [-0.15, -0.1) is 0 Å². The minimum atomic E-state index is -0.607. The molecule has 1 aliphatic rings. The average molecular weight is 335 g/mol. The van der Waals surface area contributed by atoms with E-state index in [1.165, 1.54) is 0 Å². The molecule has 0 aromatic heterocycles. The Morgan fingerprint density at radius 3 is 2.45 bits per heavy atom.